The van der Waals surface area contributed by atoms with E-state index in [1.165, 1.54) is 37.8 Å². The van der Waals surface area contributed by atoms with Crippen molar-refractivity contribution in [2.75, 3.05) is 5.32 Å². The van der Waals surface area contributed by atoms with Gasteiger partial charge in [-0.15, -0.1) is 0 Å². The number of oxazole rings is 1. The molecule has 0 saturated heterocycles. The van der Waals surface area contributed by atoms with Gasteiger partial charge in [-0.2, -0.15) is 0 Å². The Morgan fingerprint density at radius 3 is 2.62 bits per heavy atom. The highest BCUT2D eigenvalue weighted by Crippen LogP contribution is 2.30. The van der Waals surface area contributed by atoms with Crippen LogP contribution in [-0.4, -0.2) is 11.0 Å². The van der Waals surface area contributed by atoms with Crippen LogP contribution in [0, 0.1) is 12.8 Å². The first-order valence-corrected chi connectivity index (χ1v) is 8.05. The van der Waals surface area contributed by atoms with Crippen LogP contribution in [0.4, 0.5) is 5.69 Å². The third-order valence-electron chi connectivity index (χ3n) is 4.59. The summed E-state index contributed by atoms with van der Waals surface area (Å²) in [5, 5.41) is 3.72. The molecule has 0 radical (unpaired) electrons. The summed E-state index contributed by atoms with van der Waals surface area (Å²) < 4.78 is 5.27. The first kappa shape index (κ1) is 14.2. The third kappa shape index (κ3) is 3.29. The predicted molar refractivity (Wildman–Crippen MR) is 86.3 cm³/mol. The third-order valence-corrected chi connectivity index (χ3v) is 4.59. The second kappa shape index (κ2) is 6.33. The number of rotatable bonds is 4. The van der Waals surface area contributed by atoms with Crippen LogP contribution in [0.25, 0.3) is 11.3 Å². The van der Waals surface area contributed by atoms with Crippen LogP contribution in [-0.2, 0) is 0 Å². The highest BCUT2D eigenvalue weighted by molar-refractivity contribution is 5.62. The molecule has 1 aromatic carbocycles. The van der Waals surface area contributed by atoms with Crippen molar-refractivity contribution in [2.45, 2.75) is 52.0 Å². The van der Waals surface area contributed by atoms with E-state index in [2.05, 4.69) is 41.5 Å². The number of nitrogens with zero attached hydrogens (tertiary/aromatic N) is 1. The molecular weight excluding hydrogens is 260 g/mol. The van der Waals surface area contributed by atoms with Gasteiger partial charge in [-0.05, 0) is 30.9 Å². The Hall–Kier alpha value is -1.77. The first-order valence-electron chi connectivity index (χ1n) is 8.05. The Balaban J connectivity index is 1.69. The number of hydrogen-bond donors (Lipinski definition) is 1. The van der Waals surface area contributed by atoms with E-state index in [0.29, 0.717) is 11.9 Å². The summed E-state index contributed by atoms with van der Waals surface area (Å²) in [6.07, 6.45) is 8.39. The summed E-state index contributed by atoms with van der Waals surface area (Å²) in [7, 11) is 0. The van der Waals surface area contributed by atoms with Crippen LogP contribution >= 0.6 is 0 Å². The van der Waals surface area contributed by atoms with Crippen molar-refractivity contribution in [3.05, 3.63) is 36.4 Å². The second-order valence-corrected chi connectivity index (χ2v) is 6.03. The molecule has 0 bridgehead atoms. The maximum atomic E-state index is 5.27. The number of hydrogen-bond acceptors (Lipinski definition) is 3. The molecule has 1 fully saturated rings. The van der Waals surface area contributed by atoms with Crippen molar-refractivity contribution in [3.8, 4) is 11.3 Å². The maximum Gasteiger partial charge on any atom is 0.191 e. The van der Waals surface area contributed by atoms with Crippen LogP contribution in [0.1, 0.15) is 44.9 Å². The van der Waals surface area contributed by atoms with Crippen LogP contribution < -0.4 is 5.32 Å². The average Bonchev–Trinajstić information content (AvgIpc) is 2.95. The van der Waals surface area contributed by atoms with Crippen molar-refractivity contribution in [2.24, 2.45) is 5.92 Å². The van der Waals surface area contributed by atoms with Gasteiger partial charge in [0.05, 0.1) is 0 Å². The molecule has 0 amide bonds. The number of nitrogens with one attached hydrogen (secondary N) is 1. The highest BCUT2D eigenvalue weighted by atomic mass is 16.3. The molecular formula is C18H24N2O. The Morgan fingerprint density at radius 1 is 1.19 bits per heavy atom. The molecule has 0 spiro atoms. The molecule has 0 aliphatic heterocycles. The molecule has 2 aromatic rings. The summed E-state index contributed by atoms with van der Waals surface area (Å²) >= 11 is 0. The molecule has 1 aliphatic rings. The number of aryl methyl sites for hydroxylation is 1. The molecule has 3 rings (SSSR count). The largest absolute Gasteiger partial charge is 0.449 e. The average molecular weight is 284 g/mol. The van der Waals surface area contributed by atoms with E-state index in [0.717, 1.165) is 17.2 Å². The zero-order valence-electron chi connectivity index (χ0n) is 12.9. The summed E-state index contributed by atoms with van der Waals surface area (Å²) in [6, 6.07) is 9.16. The van der Waals surface area contributed by atoms with Gasteiger partial charge in [-0.25, -0.2) is 4.98 Å². The Labute approximate surface area is 126 Å². The van der Waals surface area contributed by atoms with Crippen molar-refractivity contribution in [3.63, 3.8) is 0 Å². The van der Waals surface area contributed by atoms with E-state index >= 15 is 0 Å². The van der Waals surface area contributed by atoms with E-state index in [4.69, 9.17) is 4.42 Å². The highest BCUT2D eigenvalue weighted by Gasteiger charge is 2.23. The number of aromatic nitrogens is 1. The molecule has 1 heterocycles. The summed E-state index contributed by atoms with van der Waals surface area (Å²) in [4.78, 5) is 4.36. The molecule has 2 unspecified atom stereocenters. The standard InChI is InChI=1S/C18H24N2O/c1-3-14-6-4-5-7-17(14)20-16-10-8-15(9-11-16)18-12-21-13(2)19-18/h8-12,14,17,20H,3-7H2,1-2H3. The molecule has 21 heavy (non-hydrogen) atoms. The van der Waals surface area contributed by atoms with Crippen LogP contribution in [0.15, 0.2) is 34.9 Å². The molecule has 112 valence electrons. The Morgan fingerprint density at radius 2 is 1.95 bits per heavy atom. The van der Waals surface area contributed by atoms with Gasteiger partial charge < -0.3 is 9.73 Å². The molecule has 3 nitrogen and oxygen atoms in total. The summed E-state index contributed by atoms with van der Waals surface area (Å²) in [5.41, 5.74) is 3.22. The first-order chi connectivity index (χ1) is 10.3. The summed E-state index contributed by atoms with van der Waals surface area (Å²) in [5.74, 6) is 1.52. The lowest BCUT2D eigenvalue weighted by molar-refractivity contribution is 0.317. The normalized spacial score (nSPS) is 22.2. The molecule has 1 aromatic heterocycles. The fourth-order valence-corrected chi connectivity index (χ4v) is 3.33. The van der Waals surface area contributed by atoms with Crippen molar-refractivity contribution in [1.82, 2.24) is 4.98 Å². The van der Waals surface area contributed by atoms with Crippen molar-refractivity contribution in [1.29, 1.82) is 0 Å². The van der Waals surface area contributed by atoms with Gasteiger partial charge >= 0.3 is 0 Å². The smallest absolute Gasteiger partial charge is 0.191 e. The SMILES string of the molecule is CCC1CCCCC1Nc1ccc(-c2coc(C)n2)cc1. The zero-order chi connectivity index (χ0) is 14.7. The zero-order valence-corrected chi connectivity index (χ0v) is 12.9. The maximum absolute atomic E-state index is 5.27. The number of anilines is 1. The minimum Gasteiger partial charge on any atom is -0.449 e. The van der Waals surface area contributed by atoms with Gasteiger partial charge in [-0.1, -0.05) is 38.3 Å². The Kier molecular flexibility index (Phi) is 4.28. The molecule has 1 N–H and O–H groups in total. The summed E-state index contributed by atoms with van der Waals surface area (Å²) in [6.45, 7) is 4.17. The van der Waals surface area contributed by atoms with E-state index < -0.39 is 0 Å². The Bertz CT molecular complexity index is 573. The van der Waals surface area contributed by atoms with E-state index in [9.17, 15) is 0 Å². The van der Waals surface area contributed by atoms with Crippen molar-refractivity contribution < 1.29 is 4.42 Å². The fraction of sp³-hybridized carbons (Fsp3) is 0.500. The molecule has 1 saturated carbocycles. The minimum absolute atomic E-state index is 0.629. The molecule has 1 aliphatic carbocycles. The lowest BCUT2D eigenvalue weighted by Gasteiger charge is -2.32. The van der Waals surface area contributed by atoms with E-state index in [-0.39, 0.29) is 0 Å². The van der Waals surface area contributed by atoms with Crippen LogP contribution in [0.3, 0.4) is 0 Å². The fourth-order valence-electron chi connectivity index (χ4n) is 3.33. The number of benzene rings is 1. The second-order valence-electron chi connectivity index (χ2n) is 6.03. The van der Waals surface area contributed by atoms with Gasteiger partial charge in [0.25, 0.3) is 0 Å². The van der Waals surface area contributed by atoms with Crippen molar-refractivity contribution >= 4 is 5.69 Å². The molecule has 3 heteroatoms. The minimum atomic E-state index is 0.629. The van der Waals surface area contributed by atoms with Gasteiger partial charge in [-0.3, -0.25) is 0 Å². The quantitative estimate of drug-likeness (QED) is 0.855. The van der Waals surface area contributed by atoms with E-state index in [1.54, 1.807) is 6.26 Å². The van der Waals surface area contributed by atoms with Crippen LogP contribution in [0.5, 0.6) is 0 Å². The van der Waals surface area contributed by atoms with Crippen LogP contribution in [0.2, 0.25) is 0 Å². The predicted octanol–water partition coefficient (Wildman–Crippen LogP) is 5.03. The lowest BCUT2D eigenvalue weighted by atomic mass is 9.83. The van der Waals surface area contributed by atoms with Gasteiger partial charge in [0, 0.05) is 24.2 Å². The topological polar surface area (TPSA) is 38.1 Å². The van der Waals surface area contributed by atoms with Gasteiger partial charge in [0.2, 0.25) is 0 Å². The monoisotopic (exact) mass is 284 g/mol. The van der Waals surface area contributed by atoms with Gasteiger partial charge in [0.1, 0.15) is 12.0 Å². The lowest BCUT2D eigenvalue weighted by Crippen LogP contribution is -2.31. The molecule has 2 atom stereocenters. The van der Waals surface area contributed by atoms with Gasteiger partial charge in [0.15, 0.2) is 5.89 Å². The van der Waals surface area contributed by atoms with E-state index in [1.807, 2.05) is 6.92 Å².